The Morgan fingerprint density at radius 1 is 1.20 bits per heavy atom. The van der Waals surface area contributed by atoms with Crippen LogP contribution in [-0.2, 0) is 4.79 Å². The number of amides is 3. The minimum atomic E-state index is -0.473. The fourth-order valence-electron chi connectivity index (χ4n) is 2.50. The maximum Gasteiger partial charge on any atom is 0.364 e. The minimum Gasteiger partial charge on any atom is -0.269 e. The number of fused-ring (bicyclic) bond motifs is 1. The number of halogens is 1. The molecule has 0 saturated carbocycles. The molecule has 20 heavy (non-hydrogen) atoms. The van der Waals surface area contributed by atoms with E-state index in [9.17, 15) is 9.59 Å². The van der Waals surface area contributed by atoms with Gasteiger partial charge in [0.2, 0.25) is 0 Å². The third-order valence-corrected chi connectivity index (χ3v) is 4.37. The lowest BCUT2D eigenvalue weighted by Crippen LogP contribution is -2.61. The Bertz CT molecular complexity index is 501. The molecule has 0 aromatic heterocycles. The molecule has 110 valence electrons. The van der Waals surface area contributed by atoms with Crippen molar-refractivity contribution in [2.75, 3.05) is 20.6 Å². The molecule has 2 rings (SSSR count). The first-order valence-corrected chi connectivity index (χ1v) is 7.71. The van der Waals surface area contributed by atoms with Gasteiger partial charge in [-0.15, -0.1) is 0 Å². The van der Waals surface area contributed by atoms with Gasteiger partial charge >= 0.3 is 10.8 Å². The van der Waals surface area contributed by atoms with E-state index in [-0.39, 0.29) is 11.9 Å². The molecule has 1 saturated heterocycles. The summed E-state index contributed by atoms with van der Waals surface area (Å²) in [5.74, 6) is 0.303. The Balaban J connectivity index is 2.15. The van der Waals surface area contributed by atoms with Gasteiger partial charge in [-0.25, -0.2) is 9.37 Å². The van der Waals surface area contributed by atoms with Gasteiger partial charge in [0.1, 0.15) is 0 Å². The summed E-state index contributed by atoms with van der Waals surface area (Å²) in [6.45, 7) is 2.93. The predicted octanol–water partition coefficient (Wildman–Crippen LogP) is 1.63. The summed E-state index contributed by atoms with van der Waals surface area (Å²) in [5.41, 5.74) is 0. The highest BCUT2D eigenvalue weighted by Gasteiger charge is 2.52. The molecular formula is C13H20BrN4O2+. The predicted molar refractivity (Wildman–Crippen MR) is 80.4 cm³/mol. The number of imide groups is 1. The Hall–Kier alpha value is -1.24. The lowest BCUT2D eigenvalue weighted by Gasteiger charge is -2.30. The number of carbonyl (C=O) groups excluding carboxylic acids is 2. The van der Waals surface area contributed by atoms with E-state index in [2.05, 4.69) is 27.8 Å². The van der Waals surface area contributed by atoms with Crippen LogP contribution in [0.3, 0.4) is 0 Å². The quantitative estimate of drug-likeness (QED) is 0.432. The van der Waals surface area contributed by atoms with E-state index in [1.165, 1.54) is 24.8 Å². The average molecular weight is 344 g/mol. The smallest absolute Gasteiger partial charge is 0.269 e. The molecule has 2 heterocycles. The molecule has 3 amide bonds. The molecule has 2 aliphatic rings. The summed E-state index contributed by atoms with van der Waals surface area (Å²) in [4.78, 5) is 31.2. The van der Waals surface area contributed by atoms with Gasteiger partial charge in [-0.2, -0.15) is 0 Å². The van der Waals surface area contributed by atoms with Crippen molar-refractivity contribution in [1.82, 2.24) is 9.80 Å². The number of hydrogen-bond acceptors (Lipinski definition) is 3. The van der Waals surface area contributed by atoms with Crippen LogP contribution in [0.2, 0.25) is 0 Å². The highest BCUT2D eigenvalue weighted by molar-refractivity contribution is 9.18. The molecule has 1 fully saturated rings. The summed E-state index contributed by atoms with van der Waals surface area (Å²) in [6, 6.07) is -0.808. The molecule has 6 nitrogen and oxygen atoms in total. The van der Waals surface area contributed by atoms with Crippen LogP contribution in [0.1, 0.15) is 32.6 Å². The largest absolute Gasteiger partial charge is 0.364 e. The van der Waals surface area contributed by atoms with E-state index in [4.69, 9.17) is 0 Å². The molecule has 1 unspecified atom stereocenters. The summed E-state index contributed by atoms with van der Waals surface area (Å²) in [7, 11) is 3.16. The van der Waals surface area contributed by atoms with Crippen molar-refractivity contribution in [2.24, 2.45) is 4.99 Å². The zero-order chi connectivity index (χ0) is 14.9. The SMILES string of the molecule is CCCCCC[N+]1=C(Br)N=C2C1C(=O)N(C)C(=O)N2C. The van der Waals surface area contributed by atoms with E-state index in [0.717, 1.165) is 24.3 Å². The fraction of sp³-hybridized carbons (Fsp3) is 0.692. The van der Waals surface area contributed by atoms with Crippen molar-refractivity contribution in [2.45, 2.75) is 38.6 Å². The summed E-state index contributed by atoms with van der Waals surface area (Å²) < 4.78 is 2.57. The van der Waals surface area contributed by atoms with Crippen LogP contribution in [0.5, 0.6) is 0 Å². The summed E-state index contributed by atoms with van der Waals surface area (Å²) in [5, 5.41) is 0. The van der Waals surface area contributed by atoms with E-state index in [0.29, 0.717) is 10.6 Å². The number of aliphatic imine (C=N–C) groups is 1. The van der Waals surface area contributed by atoms with Crippen molar-refractivity contribution in [1.29, 1.82) is 0 Å². The van der Waals surface area contributed by atoms with Crippen LogP contribution < -0.4 is 0 Å². The molecule has 0 N–H and O–H groups in total. The van der Waals surface area contributed by atoms with Gasteiger partial charge in [-0.1, -0.05) is 19.8 Å². The number of unbranched alkanes of at least 4 members (excludes halogenated alkanes) is 3. The van der Waals surface area contributed by atoms with Crippen molar-refractivity contribution >= 4 is 38.4 Å². The molecule has 1 atom stereocenters. The second-order valence-corrected chi connectivity index (χ2v) is 5.84. The van der Waals surface area contributed by atoms with Crippen LogP contribution in [0.15, 0.2) is 4.99 Å². The first kappa shape index (κ1) is 15.2. The molecule has 0 radical (unpaired) electrons. The highest BCUT2D eigenvalue weighted by atomic mass is 79.9. The third kappa shape index (κ3) is 2.51. The topological polar surface area (TPSA) is 56.0 Å². The van der Waals surface area contributed by atoms with E-state index in [1.807, 2.05) is 4.58 Å². The van der Waals surface area contributed by atoms with Crippen molar-refractivity contribution in [3.05, 3.63) is 0 Å². The number of likely N-dealkylation sites (N-methyl/N-ethyl adjacent to an activating group) is 2. The van der Waals surface area contributed by atoms with Gasteiger partial charge in [0.25, 0.3) is 17.8 Å². The van der Waals surface area contributed by atoms with Crippen LogP contribution in [-0.4, -0.2) is 63.6 Å². The van der Waals surface area contributed by atoms with Gasteiger partial charge in [0.05, 0.1) is 22.5 Å². The Kier molecular flexibility index (Phi) is 4.57. The molecule has 7 heteroatoms. The standard InChI is InChI=1S/C13H20BrN4O2/c1-4-5-6-7-8-18-9-10(15-12(18)14)16(2)13(20)17(3)11(9)19/h9H,4-8H2,1-3H3/q+1. The Labute approximate surface area is 127 Å². The number of nitrogens with zero attached hydrogens (tertiary/aromatic N) is 4. The second kappa shape index (κ2) is 6.03. The fourth-order valence-corrected chi connectivity index (χ4v) is 3.06. The maximum absolute atomic E-state index is 12.3. The summed E-state index contributed by atoms with van der Waals surface area (Å²) >= 11 is 3.41. The first-order valence-electron chi connectivity index (χ1n) is 6.92. The third-order valence-electron chi connectivity index (χ3n) is 3.73. The zero-order valence-corrected chi connectivity index (χ0v) is 13.7. The molecule has 2 aliphatic heterocycles. The molecule has 0 aliphatic carbocycles. The number of hydrogen-bond donors (Lipinski definition) is 0. The van der Waals surface area contributed by atoms with E-state index >= 15 is 0 Å². The molecular weight excluding hydrogens is 324 g/mol. The lowest BCUT2D eigenvalue weighted by atomic mass is 10.1. The van der Waals surface area contributed by atoms with Gasteiger partial charge in [0.15, 0.2) is 0 Å². The number of rotatable bonds is 5. The van der Waals surface area contributed by atoms with Crippen LogP contribution >= 0.6 is 15.9 Å². The van der Waals surface area contributed by atoms with Gasteiger partial charge in [-0.05, 0) is 17.8 Å². The zero-order valence-electron chi connectivity index (χ0n) is 12.1. The average Bonchev–Trinajstić information content (AvgIpc) is 2.76. The lowest BCUT2D eigenvalue weighted by molar-refractivity contribution is -0.533. The Morgan fingerprint density at radius 3 is 2.55 bits per heavy atom. The molecule has 0 aromatic rings. The van der Waals surface area contributed by atoms with Gasteiger partial charge in [-0.3, -0.25) is 14.6 Å². The van der Waals surface area contributed by atoms with Crippen molar-refractivity contribution in [3.63, 3.8) is 0 Å². The van der Waals surface area contributed by atoms with Crippen molar-refractivity contribution < 1.29 is 14.2 Å². The van der Waals surface area contributed by atoms with Crippen LogP contribution in [0.4, 0.5) is 4.79 Å². The highest BCUT2D eigenvalue weighted by Crippen LogP contribution is 2.21. The van der Waals surface area contributed by atoms with Crippen LogP contribution in [0, 0.1) is 0 Å². The normalized spacial score (nSPS) is 22.6. The monoisotopic (exact) mass is 343 g/mol. The first-order chi connectivity index (χ1) is 9.49. The summed E-state index contributed by atoms with van der Waals surface area (Å²) in [6.07, 6.45) is 4.51. The maximum atomic E-state index is 12.3. The second-order valence-electron chi connectivity index (χ2n) is 5.13. The molecule has 0 aromatic carbocycles. The van der Waals surface area contributed by atoms with Gasteiger partial charge in [0, 0.05) is 14.1 Å². The van der Waals surface area contributed by atoms with Crippen molar-refractivity contribution in [3.8, 4) is 0 Å². The number of carbonyl (C=O) groups is 2. The molecule has 0 bridgehead atoms. The molecule has 0 spiro atoms. The van der Waals surface area contributed by atoms with E-state index in [1.54, 1.807) is 7.05 Å². The van der Waals surface area contributed by atoms with E-state index < -0.39 is 6.04 Å². The minimum absolute atomic E-state index is 0.211. The number of amidine groups is 2. The van der Waals surface area contributed by atoms with Crippen LogP contribution in [0.25, 0.3) is 0 Å². The van der Waals surface area contributed by atoms with Gasteiger partial charge < -0.3 is 0 Å². The number of urea groups is 1. The Morgan fingerprint density at radius 2 is 1.90 bits per heavy atom.